The van der Waals surface area contributed by atoms with E-state index in [1.807, 2.05) is 43.7 Å². The molecule has 0 fully saturated rings. The van der Waals surface area contributed by atoms with Crippen LogP contribution in [0.3, 0.4) is 0 Å². The molecule has 2 rings (SSSR count). The van der Waals surface area contributed by atoms with Crippen LogP contribution in [-0.4, -0.2) is 17.0 Å². The summed E-state index contributed by atoms with van der Waals surface area (Å²) in [7, 11) is 1.90. The van der Waals surface area contributed by atoms with Gasteiger partial charge in [-0.25, -0.2) is 9.97 Å². The highest BCUT2D eigenvalue weighted by Gasteiger charge is 1.98. The predicted molar refractivity (Wildman–Crippen MR) is 75.3 cm³/mol. The monoisotopic (exact) mass is 242 g/mol. The molecule has 4 heteroatoms. The van der Waals surface area contributed by atoms with Crippen molar-refractivity contribution in [2.24, 2.45) is 0 Å². The number of aromatic nitrogens is 2. The molecule has 1 aromatic heterocycles. The van der Waals surface area contributed by atoms with Crippen LogP contribution in [0.4, 0.5) is 17.3 Å². The summed E-state index contributed by atoms with van der Waals surface area (Å²) in [5, 5.41) is 6.26. The lowest BCUT2D eigenvalue weighted by Crippen LogP contribution is -1.98. The molecule has 2 aromatic rings. The minimum atomic E-state index is 0.632. The number of nitrogens with zero attached hydrogens (tertiary/aromatic N) is 2. The molecule has 1 aromatic carbocycles. The molecule has 4 nitrogen and oxygen atoms in total. The molecule has 0 bridgehead atoms. The average molecular weight is 242 g/mol. The Bertz CT molecular complexity index is 476. The number of benzene rings is 1. The van der Waals surface area contributed by atoms with Gasteiger partial charge in [0.15, 0.2) is 0 Å². The predicted octanol–water partition coefficient (Wildman–Crippen LogP) is 3.21. The zero-order valence-electron chi connectivity index (χ0n) is 10.8. The molecule has 0 atom stereocenters. The molecule has 0 spiro atoms. The highest BCUT2D eigenvalue weighted by Crippen LogP contribution is 2.16. The fourth-order valence-electron chi connectivity index (χ4n) is 1.69. The van der Waals surface area contributed by atoms with Crippen LogP contribution in [-0.2, 0) is 6.42 Å². The number of nitrogens with one attached hydrogen (secondary N) is 2. The molecule has 0 saturated carbocycles. The highest BCUT2D eigenvalue weighted by molar-refractivity contribution is 5.58. The first-order valence-corrected chi connectivity index (χ1v) is 6.17. The van der Waals surface area contributed by atoms with Gasteiger partial charge in [-0.2, -0.15) is 0 Å². The smallest absolute Gasteiger partial charge is 0.227 e. The van der Waals surface area contributed by atoms with Gasteiger partial charge in [-0.1, -0.05) is 13.3 Å². The van der Waals surface area contributed by atoms with E-state index in [1.54, 1.807) is 0 Å². The number of rotatable bonds is 5. The van der Waals surface area contributed by atoms with E-state index in [0.29, 0.717) is 5.95 Å². The Morgan fingerprint density at radius 1 is 1.00 bits per heavy atom. The quantitative estimate of drug-likeness (QED) is 0.845. The minimum absolute atomic E-state index is 0.632. The van der Waals surface area contributed by atoms with Gasteiger partial charge in [0.25, 0.3) is 0 Å². The Balaban J connectivity index is 2.03. The van der Waals surface area contributed by atoms with Crippen molar-refractivity contribution in [1.82, 2.24) is 9.97 Å². The molecule has 0 radical (unpaired) electrons. The van der Waals surface area contributed by atoms with Gasteiger partial charge >= 0.3 is 0 Å². The van der Waals surface area contributed by atoms with E-state index in [1.165, 1.54) is 5.56 Å². The van der Waals surface area contributed by atoms with Crippen LogP contribution in [0.2, 0.25) is 0 Å². The second-order valence-electron chi connectivity index (χ2n) is 4.12. The first-order chi connectivity index (χ1) is 8.81. The van der Waals surface area contributed by atoms with Crippen molar-refractivity contribution in [1.29, 1.82) is 0 Å². The van der Waals surface area contributed by atoms with Gasteiger partial charge in [0, 0.05) is 30.8 Å². The fraction of sp³-hybridized carbons (Fsp3) is 0.286. The van der Waals surface area contributed by atoms with Crippen molar-refractivity contribution in [2.75, 3.05) is 17.7 Å². The van der Waals surface area contributed by atoms with Gasteiger partial charge in [-0.3, -0.25) is 0 Å². The molecule has 0 unspecified atom stereocenters. The summed E-state index contributed by atoms with van der Waals surface area (Å²) in [6, 6.07) is 8.01. The van der Waals surface area contributed by atoms with Crippen LogP contribution < -0.4 is 10.6 Å². The summed E-state index contributed by atoms with van der Waals surface area (Å²) in [5.41, 5.74) is 3.24. The number of anilines is 3. The zero-order valence-corrected chi connectivity index (χ0v) is 10.8. The summed E-state index contributed by atoms with van der Waals surface area (Å²) >= 11 is 0. The van der Waals surface area contributed by atoms with E-state index in [-0.39, 0.29) is 0 Å². The van der Waals surface area contributed by atoms with E-state index in [2.05, 4.69) is 27.5 Å². The van der Waals surface area contributed by atoms with Crippen LogP contribution >= 0.6 is 0 Å². The van der Waals surface area contributed by atoms with Gasteiger partial charge in [0.1, 0.15) is 0 Å². The van der Waals surface area contributed by atoms with E-state index in [9.17, 15) is 0 Å². The van der Waals surface area contributed by atoms with Gasteiger partial charge in [0.2, 0.25) is 5.95 Å². The molecule has 2 N–H and O–H groups in total. The summed E-state index contributed by atoms with van der Waals surface area (Å²) in [5.74, 6) is 0.632. The average Bonchev–Trinajstić information content (AvgIpc) is 2.42. The molecule has 0 aliphatic rings. The third-order valence-electron chi connectivity index (χ3n) is 2.67. The lowest BCUT2D eigenvalue weighted by molar-refractivity contribution is 0.902. The first kappa shape index (κ1) is 12.4. The van der Waals surface area contributed by atoms with Crippen LogP contribution in [0.25, 0.3) is 0 Å². The zero-order chi connectivity index (χ0) is 12.8. The van der Waals surface area contributed by atoms with Gasteiger partial charge < -0.3 is 10.6 Å². The summed E-state index contributed by atoms with van der Waals surface area (Å²) in [6.45, 7) is 2.15. The number of hydrogen-bond acceptors (Lipinski definition) is 4. The second kappa shape index (κ2) is 6.00. The van der Waals surface area contributed by atoms with E-state index >= 15 is 0 Å². The van der Waals surface area contributed by atoms with Crippen molar-refractivity contribution in [3.8, 4) is 0 Å². The van der Waals surface area contributed by atoms with Gasteiger partial charge in [-0.15, -0.1) is 0 Å². The second-order valence-corrected chi connectivity index (χ2v) is 4.12. The van der Waals surface area contributed by atoms with E-state index < -0.39 is 0 Å². The molecule has 94 valence electrons. The maximum absolute atomic E-state index is 4.30. The van der Waals surface area contributed by atoms with E-state index in [4.69, 9.17) is 0 Å². The Labute approximate surface area is 107 Å². The minimum Gasteiger partial charge on any atom is -0.388 e. The molecule has 0 aliphatic heterocycles. The highest BCUT2D eigenvalue weighted by atomic mass is 15.1. The van der Waals surface area contributed by atoms with Gasteiger partial charge in [0.05, 0.1) is 0 Å². The fourth-order valence-corrected chi connectivity index (χ4v) is 1.69. The van der Waals surface area contributed by atoms with Gasteiger partial charge in [-0.05, 0) is 36.2 Å². The number of hydrogen-bond donors (Lipinski definition) is 2. The first-order valence-electron chi connectivity index (χ1n) is 6.17. The topological polar surface area (TPSA) is 49.8 Å². The van der Waals surface area contributed by atoms with Crippen LogP contribution in [0.15, 0.2) is 36.7 Å². The summed E-state index contributed by atoms with van der Waals surface area (Å²) in [6.07, 6.45) is 5.89. The van der Waals surface area contributed by atoms with Crippen molar-refractivity contribution in [2.45, 2.75) is 19.8 Å². The number of aryl methyl sites for hydroxylation is 1. The van der Waals surface area contributed by atoms with Crippen LogP contribution in [0.1, 0.15) is 18.9 Å². The molecule has 0 saturated heterocycles. The normalized spacial score (nSPS) is 10.1. The lowest BCUT2D eigenvalue weighted by atomic mass is 10.2. The van der Waals surface area contributed by atoms with Crippen molar-refractivity contribution >= 4 is 17.3 Å². The SMILES string of the molecule is CCCc1cnc(Nc2ccc(NC)cc2)nc1. The molecular weight excluding hydrogens is 224 g/mol. The maximum Gasteiger partial charge on any atom is 0.227 e. The van der Waals surface area contributed by atoms with Crippen LogP contribution in [0.5, 0.6) is 0 Å². The Morgan fingerprint density at radius 2 is 1.61 bits per heavy atom. The Kier molecular flexibility index (Phi) is 4.12. The molecule has 1 heterocycles. The van der Waals surface area contributed by atoms with Crippen LogP contribution in [0, 0.1) is 0 Å². The molecule has 0 aliphatic carbocycles. The van der Waals surface area contributed by atoms with Crippen molar-refractivity contribution < 1.29 is 0 Å². The standard InChI is InChI=1S/C14H18N4/c1-3-4-11-9-16-14(17-10-11)18-13-7-5-12(15-2)6-8-13/h5-10,15H,3-4H2,1-2H3,(H,16,17,18). The molecule has 18 heavy (non-hydrogen) atoms. The summed E-state index contributed by atoms with van der Waals surface area (Å²) < 4.78 is 0. The maximum atomic E-state index is 4.30. The lowest BCUT2D eigenvalue weighted by Gasteiger charge is -2.06. The molecular formula is C14H18N4. The molecule has 0 amide bonds. The third kappa shape index (κ3) is 3.20. The van der Waals surface area contributed by atoms with Crippen molar-refractivity contribution in [3.05, 3.63) is 42.2 Å². The largest absolute Gasteiger partial charge is 0.388 e. The van der Waals surface area contributed by atoms with Crippen molar-refractivity contribution in [3.63, 3.8) is 0 Å². The Morgan fingerprint density at radius 3 is 2.17 bits per heavy atom. The Hall–Kier alpha value is -2.10. The third-order valence-corrected chi connectivity index (χ3v) is 2.67. The summed E-state index contributed by atoms with van der Waals surface area (Å²) in [4.78, 5) is 8.59. The van der Waals surface area contributed by atoms with E-state index in [0.717, 1.165) is 24.2 Å².